The smallest absolute Gasteiger partial charge is 0.410 e. The molecule has 1 aromatic rings. The second-order valence-electron chi connectivity index (χ2n) is 3.83. The average molecular weight is 223 g/mol. The van der Waals surface area contributed by atoms with Crippen molar-refractivity contribution in [2.45, 2.75) is 19.1 Å². The van der Waals surface area contributed by atoms with Gasteiger partial charge in [0.15, 0.2) is 0 Å². The van der Waals surface area contributed by atoms with E-state index in [4.69, 9.17) is 4.74 Å². The maximum absolute atomic E-state index is 12.4. The van der Waals surface area contributed by atoms with Crippen molar-refractivity contribution in [1.82, 2.24) is 4.90 Å². The number of rotatable bonds is 3. The van der Waals surface area contributed by atoms with E-state index in [2.05, 4.69) is 0 Å². The fourth-order valence-electron chi connectivity index (χ4n) is 1.64. The van der Waals surface area contributed by atoms with Crippen LogP contribution in [0.25, 0.3) is 0 Å². The van der Waals surface area contributed by atoms with E-state index in [0.29, 0.717) is 6.54 Å². The number of hydrogen-bond acceptors (Lipinski definition) is 2. The van der Waals surface area contributed by atoms with Gasteiger partial charge in [-0.15, -0.1) is 0 Å². The van der Waals surface area contributed by atoms with Crippen LogP contribution in [-0.4, -0.2) is 30.3 Å². The number of halogens is 1. The summed E-state index contributed by atoms with van der Waals surface area (Å²) < 4.78 is 17.4. The van der Waals surface area contributed by atoms with Gasteiger partial charge in [0.2, 0.25) is 0 Å². The Kier molecular flexibility index (Phi) is 3.39. The molecule has 0 spiro atoms. The highest BCUT2D eigenvalue weighted by molar-refractivity contribution is 5.69. The fraction of sp³-hybridized carbons (Fsp3) is 0.417. The van der Waals surface area contributed by atoms with Crippen LogP contribution in [0.2, 0.25) is 0 Å². The van der Waals surface area contributed by atoms with Gasteiger partial charge < -0.3 is 9.64 Å². The first kappa shape index (κ1) is 10.9. The molecule has 0 saturated carbocycles. The molecule has 0 N–H and O–H groups in total. The van der Waals surface area contributed by atoms with Gasteiger partial charge in [0, 0.05) is 6.54 Å². The molecule has 1 aliphatic rings. The standard InChI is InChI=1S/C12H14FNO2/c13-8-11-6-7-14(11)12(15)16-9-10-4-2-1-3-5-10/h1-5,11H,6-9H2. The van der Waals surface area contributed by atoms with Crippen LogP contribution in [0.1, 0.15) is 12.0 Å². The third-order valence-corrected chi connectivity index (χ3v) is 2.76. The van der Waals surface area contributed by atoms with Crippen LogP contribution >= 0.6 is 0 Å². The van der Waals surface area contributed by atoms with E-state index >= 15 is 0 Å². The molecule has 0 bridgehead atoms. The normalized spacial score (nSPS) is 19.1. The monoisotopic (exact) mass is 223 g/mol. The van der Waals surface area contributed by atoms with E-state index in [1.165, 1.54) is 4.90 Å². The van der Waals surface area contributed by atoms with Gasteiger partial charge in [-0.25, -0.2) is 9.18 Å². The molecule has 1 aliphatic heterocycles. The van der Waals surface area contributed by atoms with Gasteiger partial charge >= 0.3 is 6.09 Å². The topological polar surface area (TPSA) is 29.5 Å². The summed E-state index contributed by atoms with van der Waals surface area (Å²) in [4.78, 5) is 12.9. The Bertz CT molecular complexity index is 353. The van der Waals surface area contributed by atoms with Gasteiger partial charge in [0.05, 0.1) is 6.04 Å². The minimum absolute atomic E-state index is 0.245. The Morgan fingerprint density at radius 3 is 2.75 bits per heavy atom. The number of nitrogens with zero attached hydrogens (tertiary/aromatic N) is 1. The predicted molar refractivity (Wildman–Crippen MR) is 57.7 cm³/mol. The van der Waals surface area contributed by atoms with Gasteiger partial charge in [-0.2, -0.15) is 0 Å². The largest absolute Gasteiger partial charge is 0.445 e. The van der Waals surface area contributed by atoms with Crippen molar-refractivity contribution in [2.24, 2.45) is 0 Å². The third kappa shape index (κ3) is 2.32. The second kappa shape index (κ2) is 4.96. The molecule has 1 fully saturated rings. The first-order valence-corrected chi connectivity index (χ1v) is 5.34. The zero-order valence-corrected chi connectivity index (χ0v) is 8.93. The van der Waals surface area contributed by atoms with E-state index < -0.39 is 12.8 Å². The summed E-state index contributed by atoms with van der Waals surface area (Å²) in [6.07, 6.45) is 0.314. The highest BCUT2D eigenvalue weighted by Gasteiger charge is 2.33. The van der Waals surface area contributed by atoms with E-state index in [1.54, 1.807) is 0 Å². The Labute approximate surface area is 93.8 Å². The van der Waals surface area contributed by atoms with Crippen molar-refractivity contribution < 1.29 is 13.9 Å². The van der Waals surface area contributed by atoms with Crippen LogP contribution in [-0.2, 0) is 11.3 Å². The van der Waals surface area contributed by atoms with E-state index in [9.17, 15) is 9.18 Å². The molecular formula is C12H14FNO2. The molecule has 0 aliphatic carbocycles. The molecule has 16 heavy (non-hydrogen) atoms. The van der Waals surface area contributed by atoms with Crippen LogP contribution in [0.4, 0.5) is 9.18 Å². The van der Waals surface area contributed by atoms with Crippen LogP contribution in [0.5, 0.6) is 0 Å². The molecule has 1 saturated heterocycles. The van der Waals surface area contributed by atoms with Crippen molar-refractivity contribution in [1.29, 1.82) is 0 Å². The van der Waals surface area contributed by atoms with Gasteiger partial charge in [-0.05, 0) is 12.0 Å². The van der Waals surface area contributed by atoms with E-state index in [0.717, 1.165) is 12.0 Å². The number of carbonyl (C=O) groups is 1. The maximum Gasteiger partial charge on any atom is 0.410 e. The van der Waals surface area contributed by atoms with Gasteiger partial charge in [0.25, 0.3) is 0 Å². The van der Waals surface area contributed by atoms with Crippen LogP contribution < -0.4 is 0 Å². The molecule has 0 aromatic heterocycles. The summed E-state index contributed by atoms with van der Waals surface area (Å²) >= 11 is 0. The molecule has 1 atom stereocenters. The first-order valence-electron chi connectivity index (χ1n) is 5.34. The Balaban J connectivity index is 1.80. The number of carbonyl (C=O) groups excluding carboxylic acids is 1. The molecule has 86 valence electrons. The number of amides is 1. The van der Waals surface area contributed by atoms with Crippen LogP contribution in [0, 0.1) is 0 Å². The SMILES string of the molecule is O=C(OCc1ccccc1)N1CCC1CF. The lowest BCUT2D eigenvalue weighted by molar-refractivity contribution is 0.0350. The van der Waals surface area contributed by atoms with Crippen molar-refractivity contribution in [3.8, 4) is 0 Å². The van der Waals surface area contributed by atoms with Gasteiger partial charge in [-0.1, -0.05) is 30.3 Å². The average Bonchev–Trinajstić information content (AvgIpc) is 2.27. The highest BCUT2D eigenvalue weighted by atomic mass is 19.1. The Morgan fingerprint density at radius 1 is 1.44 bits per heavy atom. The zero-order chi connectivity index (χ0) is 11.4. The number of hydrogen-bond donors (Lipinski definition) is 0. The number of alkyl halides is 1. The fourth-order valence-corrected chi connectivity index (χ4v) is 1.64. The summed E-state index contributed by atoms with van der Waals surface area (Å²) in [7, 11) is 0. The molecule has 1 heterocycles. The van der Waals surface area contributed by atoms with Crippen molar-refractivity contribution in [3.63, 3.8) is 0 Å². The second-order valence-corrected chi connectivity index (χ2v) is 3.83. The first-order chi connectivity index (χ1) is 7.81. The minimum Gasteiger partial charge on any atom is -0.445 e. The predicted octanol–water partition coefficient (Wildman–Crippen LogP) is 2.37. The van der Waals surface area contributed by atoms with E-state index in [-0.39, 0.29) is 12.6 Å². The lowest BCUT2D eigenvalue weighted by Gasteiger charge is -2.38. The molecular weight excluding hydrogens is 209 g/mol. The number of likely N-dealkylation sites (tertiary alicyclic amines) is 1. The van der Waals surface area contributed by atoms with Crippen molar-refractivity contribution in [3.05, 3.63) is 35.9 Å². The molecule has 1 unspecified atom stereocenters. The lowest BCUT2D eigenvalue weighted by atomic mass is 10.1. The minimum atomic E-state index is -0.486. The molecule has 3 nitrogen and oxygen atoms in total. The summed E-state index contributed by atoms with van der Waals surface area (Å²) in [5, 5.41) is 0. The quantitative estimate of drug-likeness (QED) is 0.787. The molecule has 1 amide bonds. The molecule has 0 radical (unpaired) electrons. The van der Waals surface area contributed by atoms with Gasteiger partial charge in [0.1, 0.15) is 13.3 Å². The number of ether oxygens (including phenoxy) is 1. The maximum atomic E-state index is 12.4. The number of benzene rings is 1. The lowest BCUT2D eigenvalue weighted by Crippen LogP contribution is -2.52. The summed E-state index contributed by atoms with van der Waals surface area (Å²) in [6.45, 7) is 0.359. The summed E-state index contributed by atoms with van der Waals surface area (Å²) in [5.74, 6) is 0. The third-order valence-electron chi connectivity index (χ3n) is 2.76. The van der Waals surface area contributed by atoms with Crippen LogP contribution in [0.3, 0.4) is 0 Å². The summed E-state index contributed by atoms with van der Waals surface area (Å²) in [5.41, 5.74) is 0.938. The Morgan fingerprint density at radius 2 is 2.19 bits per heavy atom. The molecule has 1 aromatic carbocycles. The van der Waals surface area contributed by atoms with Crippen molar-refractivity contribution in [2.75, 3.05) is 13.2 Å². The Hall–Kier alpha value is -1.58. The van der Waals surface area contributed by atoms with Crippen molar-refractivity contribution >= 4 is 6.09 Å². The molecule has 4 heteroatoms. The van der Waals surface area contributed by atoms with E-state index in [1.807, 2.05) is 30.3 Å². The summed E-state index contributed by atoms with van der Waals surface area (Å²) in [6, 6.07) is 9.17. The molecule has 2 rings (SSSR count). The van der Waals surface area contributed by atoms with Gasteiger partial charge in [-0.3, -0.25) is 0 Å². The highest BCUT2D eigenvalue weighted by Crippen LogP contribution is 2.19. The zero-order valence-electron chi connectivity index (χ0n) is 8.93. The van der Waals surface area contributed by atoms with Crippen LogP contribution in [0.15, 0.2) is 30.3 Å².